The Hall–Kier alpha value is -2.69. The predicted molar refractivity (Wildman–Crippen MR) is 77.0 cm³/mol. The molecule has 20 heavy (non-hydrogen) atoms. The van der Waals surface area contributed by atoms with Gasteiger partial charge in [0, 0.05) is 28.1 Å². The Bertz CT molecular complexity index is 1080. The lowest BCUT2D eigenvalue weighted by atomic mass is 10.00. The number of rotatable bonds is 1. The van der Waals surface area contributed by atoms with Gasteiger partial charge in [-0.1, -0.05) is 0 Å². The molecule has 4 rings (SSSR count). The number of aromatic hydroxyl groups is 1. The van der Waals surface area contributed by atoms with Crippen molar-refractivity contribution in [2.45, 2.75) is 13.5 Å². The maximum absolute atomic E-state index is 12.4. The number of benzene rings is 2. The van der Waals surface area contributed by atoms with Crippen LogP contribution in [0.4, 0.5) is 0 Å². The van der Waals surface area contributed by atoms with Crippen molar-refractivity contribution >= 4 is 32.4 Å². The summed E-state index contributed by atoms with van der Waals surface area (Å²) in [5.74, 6) is -0.0620. The van der Waals surface area contributed by atoms with E-state index in [0.29, 0.717) is 39.0 Å². The van der Waals surface area contributed by atoms with Crippen molar-refractivity contribution in [1.29, 1.82) is 0 Å². The van der Waals surface area contributed by atoms with Gasteiger partial charge in [0.15, 0.2) is 0 Å². The normalized spacial score (nSPS) is 12.1. The zero-order valence-electron chi connectivity index (χ0n) is 10.7. The Morgan fingerprint density at radius 1 is 1.05 bits per heavy atom. The molecule has 0 saturated carbocycles. The van der Waals surface area contributed by atoms with Gasteiger partial charge in [-0.2, -0.15) is 0 Å². The standard InChI is InChI=1S/C15H10N2O3/c1-2-17-14(19)8-4-3-7-12-10(16-13(7)18)6-5-9(11(8)12)15(17)20/h3-6,20H,2H2,1H3. The molecule has 0 saturated heterocycles. The molecule has 0 atom stereocenters. The first kappa shape index (κ1) is 11.2. The summed E-state index contributed by atoms with van der Waals surface area (Å²) in [5.41, 5.74) is 0.0188. The molecule has 0 aliphatic carbocycles. The van der Waals surface area contributed by atoms with E-state index in [-0.39, 0.29) is 17.0 Å². The fourth-order valence-corrected chi connectivity index (χ4v) is 2.96. The molecule has 0 amide bonds. The number of hydrogen-bond acceptors (Lipinski definition) is 4. The monoisotopic (exact) mass is 266 g/mol. The third-order valence-electron chi connectivity index (χ3n) is 3.88. The van der Waals surface area contributed by atoms with E-state index in [1.54, 1.807) is 31.2 Å². The van der Waals surface area contributed by atoms with E-state index in [1.165, 1.54) is 4.57 Å². The zero-order valence-corrected chi connectivity index (χ0v) is 10.7. The summed E-state index contributed by atoms with van der Waals surface area (Å²) < 4.78 is 1.33. The van der Waals surface area contributed by atoms with Gasteiger partial charge in [-0.05, 0) is 31.2 Å². The number of aromatic nitrogens is 2. The van der Waals surface area contributed by atoms with Crippen LogP contribution in [0.25, 0.3) is 32.4 Å². The van der Waals surface area contributed by atoms with Crippen LogP contribution in [0.15, 0.2) is 33.9 Å². The molecular weight excluding hydrogens is 256 g/mol. The molecule has 4 aromatic rings. The van der Waals surface area contributed by atoms with Crippen LogP contribution in [0.1, 0.15) is 6.92 Å². The highest BCUT2D eigenvalue weighted by atomic mass is 16.3. The predicted octanol–water partition coefficient (Wildman–Crippen LogP) is 1.66. The third-order valence-corrected chi connectivity index (χ3v) is 3.88. The lowest BCUT2D eigenvalue weighted by molar-refractivity contribution is 0.419. The van der Waals surface area contributed by atoms with Gasteiger partial charge in [0.05, 0.1) is 10.9 Å². The fourth-order valence-electron chi connectivity index (χ4n) is 2.96. The Balaban J connectivity index is 2.48. The van der Waals surface area contributed by atoms with Crippen LogP contribution in [-0.4, -0.2) is 14.7 Å². The van der Waals surface area contributed by atoms with E-state index in [1.807, 2.05) is 0 Å². The Labute approximate surface area is 112 Å². The smallest absolute Gasteiger partial charge is 0.278 e. The summed E-state index contributed by atoms with van der Waals surface area (Å²) in [5, 5.41) is 13.1. The molecule has 0 spiro atoms. The molecular formula is C15H10N2O3. The molecule has 0 fully saturated rings. The van der Waals surface area contributed by atoms with Crippen LogP contribution < -0.4 is 11.1 Å². The van der Waals surface area contributed by atoms with Crippen LogP contribution in [-0.2, 0) is 6.54 Å². The summed E-state index contributed by atoms with van der Waals surface area (Å²) in [4.78, 5) is 28.2. The minimum absolute atomic E-state index is 0.0620. The first-order chi connectivity index (χ1) is 9.63. The van der Waals surface area contributed by atoms with Gasteiger partial charge in [0.25, 0.3) is 11.1 Å². The minimum Gasteiger partial charge on any atom is -0.494 e. The van der Waals surface area contributed by atoms with Crippen LogP contribution in [0.2, 0.25) is 0 Å². The first-order valence-electron chi connectivity index (χ1n) is 6.37. The average Bonchev–Trinajstić information content (AvgIpc) is 2.77. The molecule has 0 aliphatic rings. The second kappa shape index (κ2) is 3.45. The number of nitrogens with zero attached hydrogens (tertiary/aromatic N) is 2. The molecule has 98 valence electrons. The van der Waals surface area contributed by atoms with Crippen molar-refractivity contribution < 1.29 is 5.11 Å². The summed E-state index contributed by atoms with van der Waals surface area (Å²) in [7, 11) is 0. The summed E-state index contributed by atoms with van der Waals surface area (Å²) >= 11 is 0. The lowest BCUT2D eigenvalue weighted by Crippen LogP contribution is -2.19. The maximum Gasteiger partial charge on any atom is 0.278 e. The SMILES string of the molecule is CCn1c(O)c2ccc3nc(=O)c4ccc(c1=O)c2c34. The van der Waals surface area contributed by atoms with Crippen LogP contribution >= 0.6 is 0 Å². The summed E-state index contributed by atoms with van der Waals surface area (Å²) in [6, 6.07) is 6.69. The van der Waals surface area contributed by atoms with Crippen molar-refractivity contribution in [3.8, 4) is 5.88 Å². The van der Waals surface area contributed by atoms with E-state index in [4.69, 9.17) is 0 Å². The largest absolute Gasteiger partial charge is 0.494 e. The third kappa shape index (κ3) is 1.10. The van der Waals surface area contributed by atoms with E-state index in [2.05, 4.69) is 4.98 Å². The molecule has 1 N–H and O–H groups in total. The van der Waals surface area contributed by atoms with Crippen LogP contribution in [0.5, 0.6) is 5.88 Å². The van der Waals surface area contributed by atoms with E-state index < -0.39 is 0 Å². The molecule has 0 unspecified atom stereocenters. The van der Waals surface area contributed by atoms with Gasteiger partial charge in [-0.25, -0.2) is 4.98 Å². The Kier molecular flexibility index (Phi) is 1.92. The van der Waals surface area contributed by atoms with Gasteiger partial charge in [-0.3, -0.25) is 14.2 Å². The van der Waals surface area contributed by atoms with E-state index >= 15 is 0 Å². The van der Waals surface area contributed by atoms with Crippen molar-refractivity contribution in [3.05, 3.63) is 45.0 Å². The molecule has 0 aliphatic heterocycles. The lowest BCUT2D eigenvalue weighted by Gasteiger charge is -2.12. The van der Waals surface area contributed by atoms with Crippen molar-refractivity contribution in [3.63, 3.8) is 0 Å². The summed E-state index contributed by atoms with van der Waals surface area (Å²) in [6.07, 6.45) is 0. The minimum atomic E-state index is -0.298. The Morgan fingerprint density at radius 3 is 2.50 bits per heavy atom. The van der Waals surface area contributed by atoms with Gasteiger partial charge in [-0.15, -0.1) is 0 Å². The average molecular weight is 266 g/mol. The van der Waals surface area contributed by atoms with Gasteiger partial charge >= 0.3 is 0 Å². The molecule has 2 aromatic carbocycles. The van der Waals surface area contributed by atoms with Gasteiger partial charge < -0.3 is 5.11 Å². The zero-order chi connectivity index (χ0) is 14.0. The van der Waals surface area contributed by atoms with Crippen molar-refractivity contribution in [1.82, 2.24) is 9.55 Å². The molecule has 2 aromatic heterocycles. The molecule has 2 heterocycles. The topological polar surface area (TPSA) is 72.2 Å². The first-order valence-corrected chi connectivity index (χ1v) is 6.37. The molecule has 5 nitrogen and oxygen atoms in total. The van der Waals surface area contributed by atoms with Crippen molar-refractivity contribution in [2.24, 2.45) is 0 Å². The molecule has 5 heteroatoms. The van der Waals surface area contributed by atoms with Gasteiger partial charge in [0.2, 0.25) is 5.88 Å². The van der Waals surface area contributed by atoms with E-state index in [0.717, 1.165) is 0 Å². The highest BCUT2D eigenvalue weighted by molar-refractivity contribution is 6.23. The van der Waals surface area contributed by atoms with Gasteiger partial charge in [0.1, 0.15) is 0 Å². The quantitative estimate of drug-likeness (QED) is 0.568. The van der Waals surface area contributed by atoms with Crippen molar-refractivity contribution in [2.75, 3.05) is 0 Å². The highest BCUT2D eigenvalue weighted by Gasteiger charge is 2.19. The number of pyridine rings is 1. The fraction of sp³-hybridized carbons (Fsp3) is 0.133. The van der Waals surface area contributed by atoms with E-state index in [9.17, 15) is 14.7 Å². The van der Waals surface area contributed by atoms with Crippen LogP contribution in [0, 0.1) is 0 Å². The second-order valence-corrected chi connectivity index (χ2v) is 4.83. The number of hydrogen-bond donors (Lipinski definition) is 1. The summed E-state index contributed by atoms with van der Waals surface area (Å²) in [6.45, 7) is 2.19. The second-order valence-electron chi connectivity index (χ2n) is 4.83. The maximum atomic E-state index is 12.4. The molecule has 0 bridgehead atoms. The Morgan fingerprint density at radius 2 is 1.75 bits per heavy atom. The highest BCUT2D eigenvalue weighted by Crippen LogP contribution is 2.34. The molecule has 0 radical (unpaired) electrons. The van der Waals surface area contributed by atoms with Crippen LogP contribution in [0.3, 0.4) is 0 Å².